The highest BCUT2D eigenvalue weighted by atomic mass is 14.9. The molecule has 2 saturated carbocycles. The van der Waals surface area contributed by atoms with Gasteiger partial charge >= 0.3 is 0 Å². The van der Waals surface area contributed by atoms with Crippen LogP contribution in [0, 0.1) is 11.3 Å². The van der Waals surface area contributed by atoms with Crippen molar-refractivity contribution in [1.29, 1.82) is 0 Å². The molecule has 2 aliphatic carbocycles. The topological polar surface area (TPSA) is 12.0 Å². The second-order valence-corrected chi connectivity index (χ2v) is 5.42. The summed E-state index contributed by atoms with van der Waals surface area (Å²) >= 11 is 0. The fourth-order valence-electron chi connectivity index (χ4n) is 2.16. The van der Waals surface area contributed by atoms with Gasteiger partial charge < -0.3 is 5.32 Å². The quantitative estimate of drug-likeness (QED) is 0.687. The van der Waals surface area contributed by atoms with Crippen molar-refractivity contribution in [2.45, 2.75) is 58.4 Å². The van der Waals surface area contributed by atoms with E-state index in [-0.39, 0.29) is 0 Å². The summed E-state index contributed by atoms with van der Waals surface area (Å²) in [5.41, 5.74) is 0.652. The molecule has 76 valence electrons. The normalized spacial score (nSPS) is 28.2. The Morgan fingerprint density at radius 2 is 2.08 bits per heavy atom. The van der Waals surface area contributed by atoms with Crippen LogP contribution < -0.4 is 5.32 Å². The lowest BCUT2D eigenvalue weighted by Crippen LogP contribution is -2.35. The van der Waals surface area contributed by atoms with Crippen molar-refractivity contribution in [3.8, 4) is 0 Å². The first-order valence-corrected chi connectivity index (χ1v) is 5.94. The fraction of sp³-hybridized carbons (Fsp3) is 1.00. The Hall–Kier alpha value is -0.0400. The van der Waals surface area contributed by atoms with Gasteiger partial charge in [0.05, 0.1) is 0 Å². The van der Waals surface area contributed by atoms with Gasteiger partial charge in [-0.1, -0.05) is 26.2 Å². The van der Waals surface area contributed by atoms with Crippen molar-refractivity contribution in [1.82, 2.24) is 5.32 Å². The maximum atomic E-state index is 3.68. The molecule has 0 aliphatic heterocycles. The van der Waals surface area contributed by atoms with Crippen LogP contribution in [-0.2, 0) is 0 Å². The molecule has 1 nitrogen and oxygen atoms in total. The van der Waals surface area contributed by atoms with E-state index in [0.29, 0.717) is 5.41 Å². The van der Waals surface area contributed by atoms with Gasteiger partial charge in [-0.3, -0.25) is 0 Å². The Labute approximate surface area is 82.3 Å². The molecule has 0 bridgehead atoms. The third-order valence-electron chi connectivity index (χ3n) is 4.31. The molecule has 0 aromatic carbocycles. The monoisotopic (exact) mass is 181 g/mol. The molecule has 0 amide bonds. The summed E-state index contributed by atoms with van der Waals surface area (Å²) in [6.45, 7) is 6.02. The van der Waals surface area contributed by atoms with Crippen molar-refractivity contribution in [2.75, 3.05) is 6.54 Å². The van der Waals surface area contributed by atoms with E-state index in [9.17, 15) is 0 Å². The average molecular weight is 181 g/mol. The fourth-order valence-corrected chi connectivity index (χ4v) is 2.16. The van der Waals surface area contributed by atoms with E-state index < -0.39 is 0 Å². The lowest BCUT2D eigenvalue weighted by atomic mass is 9.83. The molecule has 1 atom stereocenters. The van der Waals surface area contributed by atoms with Crippen LogP contribution in [0.1, 0.15) is 52.4 Å². The van der Waals surface area contributed by atoms with E-state index in [1.165, 1.54) is 45.1 Å². The Kier molecular flexibility index (Phi) is 2.64. The lowest BCUT2D eigenvalue weighted by Gasteiger charge is -2.27. The second kappa shape index (κ2) is 3.61. The number of rotatable bonds is 5. The van der Waals surface area contributed by atoms with Crippen LogP contribution in [0.3, 0.4) is 0 Å². The van der Waals surface area contributed by atoms with Crippen molar-refractivity contribution in [3.63, 3.8) is 0 Å². The van der Waals surface area contributed by atoms with Gasteiger partial charge in [-0.2, -0.15) is 0 Å². The molecule has 2 rings (SSSR count). The highest BCUT2D eigenvalue weighted by Crippen LogP contribution is 2.47. The first-order chi connectivity index (χ1) is 6.21. The summed E-state index contributed by atoms with van der Waals surface area (Å²) in [7, 11) is 0. The predicted molar refractivity (Wildman–Crippen MR) is 56.8 cm³/mol. The van der Waals surface area contributed by atoms with Crippen molar-refractivity contribution in [2.24, 2.45) is 11.3 Å². The molecular weight excluding hydrogens is 158 g/mol. The van der Waals surface area contributed by atoms with Gasteiger partial charge in [-0.25, -0.2) is 0 Å². The molecular formula is C12H23N. The van der Waals surface area contributed by atoms with Crippen LogP contribution in [0.25, 0.3) is 0 Å². The minimum atomic E-state index is 0.652. The van der Waals surface area contributed by atoms with Gasteiger partial charge in [-0.05, 0) is 44.1 Å². The molecule has 13 heavy (non-hydrogen) atoms. The number of hydrogen-bond donors (Lipinski definition) is 1. The van der Waals surface area contributed by atoms with Crippen molar-refractivity contribution in [3.05, 3.63) is 0 Å². The molecule has 2 aliphatic rings. The van der Waals surface area contributed by atoms with E-state index in [1.807, 2.05) is 0 Å². The predicted octanol–water partition coefficient (Wildman–Crippen LogP) is 2.95. The Morgan fingerprint density at radius 1 is 1.38 bits per heavy atom. The standard InChI is InChI=1S/C12H23N/c1-10(12(2)7-8-12)13-9-6-11-4-3-5-11/h10-11,13H,3-9H2,1-2H3. The van der Waals surface area contributed by atoms with Crippen LogP contribution in [0.5, 0.6) is 0 Å². The van der Waals surface area contributed by atoms with E-state index in [2.05, 4.69) is 19.2 Å². The first kappa shape index (κ1) is 9.51. The van der Waals surface area contributed by atoms with Crippen LogP contribution in [-0.4, -0.2) is 12.6 Å². The van der Waals surface area contributed by atoms with Crippen LogP contribution >= 0.6 is 0 Å². The van der Waals surface area contributed by atoms with E-state index in [1.54, 1.807) is 0 Å². The molecule has 0 aromatic heterocycles. The maximum Gasteiger partial charge on any atom is 0.00925 e. The highest BCUT2D eigenvalue weighted by Gasteiger charge is 2.42. The third kappa shape index (κ3) is 2.25. The minimum absolute atomic E-state index is 0.652. The summed E-state index contributed by atoms with van der Waals surface area (Å²) in [6.07, 6.45) is 8.76. The molecule has 0 radical (unpaired) electrons. The first-order valence-electron chi connectivity index (χ1n) is 5.94. The zero-order valence-electron chi connectivity index (χ0n) is 9.10. The largest absolute Gasteiger partial charge is 0.314 e. The molecule has 1 unspecified atom stereocenters. The van der Waals surface area contributed by atoms with Gasteiger partial charge in [0.1, 0.15) is 0 Å². The van der Waals surface area contributed by atoms with Crippen LogP contribution in [0.15, 0.2) is 0 Å². The van der Waals surface area contributed by atoms with Gasteiger partial charge in [0.25, 0.3) is 0 Å². The van der Waals surface area contributed by atoms with E-state index >= 15 is 0 Å². The van der Waals surface area contributed by atoms with Gasteiger partial charge in [0.2, 0.25) is 0 Å². The number of nitrogens with one attached hydrogen (secondary N) is 1. The summed E-state index contributed by atoms with van der Waals surface area (Å²) in [4.78, 5) is 0. The van der Waals surface area contributed by atoms with E-state index in [0.717, 1.165) is 12.0 Å². The van der Waals surface area contributed by atoms with Gasteiger partial charge in [0.15, 0.2) is 0 Å². The summed E-state index contributed by atoms with van der Waals surface area (Å²) < 4.78 is 0. The highest BCUT2D eigenvalue weighted by molar-refractivity contribution is 4.96. The second-order valence-electron chi connectivity index (χ2n) is 5.42. The SMILES string of the molecule is CC(NCCC1CCC1)C1(C)CC1. The summed E-state index contributed by atoms with van der Waals surface area (Å²) in [6, 6.07) is 0.743. The smallest absolute Gasteiger partial charge is 0.00925 e. The molecule has 0 heterocycles. The number of hydrogen-bond acceptors (Lipinski definition) is 1. The lowest BCUT2D eigenvalue weighted by molar-refractivity contribution is 0.278. The average Bonchev–Trinajstić information content (AvgIpc) is 2.75. The van der Waals surface area contributed by atoms with Crippen molar-refractivity contribution < 1.29 is 0 Å². The van der Waals surface area contributed by atoms with Crippen molar-refractivity contribution >= 4 is 0 Å². The minimum Gasteiger partial charge on any atom is -0.314 e. The van der Waals surface area contributed by atoms with E-state index in [4.69, 9.17) is 0 Å². The Balaban J connectivity index is 1.56. The van der Waals surface area contributed by atoms with Crippen LogP contribution in [0.4, 0.5) is 0 Å². The molecule has 0 aromatic rings. The molecule has 1 heteroatoms. The third-order valence-corrected chi connectivity index (χ3v) is 4.31. The summed E-state index contributed by atoms with van der Waals surface area (Å²) in [5, 5.41) is 3.68. The molecule has 0 spiro atoms. The Bertz CT molecular complexity index is 168. The molecule has 0 saturated heterocycles. The molecule has 1 N–H and O–H groups in total. The Morgan fingerprint density at radius 3 is 2.54 bits per heavy atom. The van der Waals surface area contributed by atoms with Crippen LogP contribution in [0.2, 0.25) is 0 Å². The zero-order chi connectivity index (χ0) is 9.31. The summed E-state index contributed by atoms with van der Waals surface area (Å²) in [5.74, 6) is 1.06. The molecule has 2 fully saturated rings. The maximum absolute atomic E-state index is 3.68. The van der Waals surface area contributed by atoms with Gasteiger partial charge in [-0.15, -0.1) is 0 Å². The van der Waals surface area contributed by atoms with Gasteiger partial charge in [0, 0.05) is 6.04 Å². The zero-order valence-corrected chi connectivity index (χ0v) is 9.10.